The van der Waals surface area contributed by atoms with Crippen molar-refractivity contribution in [3.05, 3.63) is 30.3 Å². The van der Waals surface area contributed by atoms with Crippen LogP contribution >= 0.6 is 0 Å². The fraction of sp³-hybridized carbons (Fsp3) is 0.333. The molecule has 3 rings (SSSR count). The van der Waals surface area contributed by atoms with Crippen LogP contribution in [0.2, 0.25) is 0 Å². The summed E-state index contributed by atoms with van der Waals surface area (Å²) in [6, 6.07) is 9.10. The van der Waals surface area contributed by atoms with E-state index in [9.17, 15) is 9.90 Å². The Hall–Kier alpha value is -2.30. The van der Waals surface area contributed by atoms with Gasteiger partial charge in [-0.1, -0.05) is 0 Å². The van der Waals surface area contributed by atoms with E-state index in [-0.39, 0.29) is 11.7 Å². The standard InChI is InChI=1S/C15H17N3O2/c1-11(19)17-6-8-18(9-7-17)15-5-2-12-10-13(20)3-4-14(12)16-15/h2-5,10,20H,6-9H2,1H3. The van der Waals surface area contributed by atoms with Gasteiger partial charge in [0.2, 0.25) is 5.91 Å². The number of carbonyl (C=O) groups is 1. The summed E-state index contributed by atoms with van der Waals surface area (Å²) in [6.07, 6.45) is 0. The predicted molar refractivity (Wildman–Crippen MR) is 77.9 cm³/mol. The maximum absolute atomic E-state index is 11.3. The summed E-state index contributed by atoms with van der Waals surface area (Å²) in [6.45, 7) is 4.69. The van der Waals surface area contributed by atoms with Gasteiger partial charge < -0.3 is 14.9 Å². The van der Waals surface area contributed by atoms with Crippen molar-refractivity contribution in [3.8, 4) is 5.75 Å². The number of nitrogens with zero attached hydrogens (tertiary/aromatic N) is 3. The molecular formula is C15H17N3O2. The molecule has 2 aromatic rings. The summed E-state index contributed by atoms with van der Waals surface area (Å²) in [5.41, 5.74) is 0.870. The highest BCUT2D eigenvalue weighted by atomic mass is 16.3. The molecule has 1 aromatic carbocycles. The number of phenols is 1. The van der Waals surface area contributed by atoms with Crippen LogP contribution in [-0.4, -0.2) is 47.1 Å². The molecule has 0 unspecified atom stereocenters. The first-order valence-electron chi connectivity index (χ1n) is 6.74. The highest BCUT2D eigenvalue weighted by Gasteiger charge is 2.19. The van der Waals surface area contributed by atoms with E-state index in [4.69, 9.17) is 0 Å². The lowest BCUT2D eigenvalue weighted by atomic mass is 10.2. The Bertz CT molecular complexity index is 649. The summed E-state index contributed by atoms with van der Waals surface area (Å²) < 4.78 is 0. The zero-order chi connectivity index (χ0) is 14.1. The van der Waals surface area contributed by atoms with E-state index in [1.807, 2.05) is 23.1 Å². The van der Waals surface area contributed by atoms with Crippen molar-refractivity contribution >= 4 is 22.6 Å². The SMILES string of the molecule is CC(=O)N1CCN(c2ccc3cc(O)ccc3n2)CC1. The molecule has 5 nitrogen and oxygen atoms in total. The average Bonchev–Trinajstić information content (AvgIpc) is 2.47. The van der Waals surface area contributed by atoms with Crippen LogP contribution in [0.25, 0.3) is 10.9 Å². The van der Waals surface area contributed by atoms with Crippen LogP contribution in [0.15, 0.2) is 30.3 Å². The Morgan fingerprint density at radius 3 is 2.60 bits per heavy atom. The first-order valence-corrected chi connectivity index (χ1v) is 6.74. The molecule has 0 radical (unpaired) electrons. The van der Waals surface area contributed by atoms with E-state index < -0.39 is 0 Å². The molecular weight excluding hydrogens is 254 g/mol. The first-order chi connectivity index (χ1) is 9.63. The Labute approximate surface area is 117 Å². The predicted octanol–water partition coefficient (Wildman–Crippen LogP) is 1.61. The number of anilines is 1. The second-order valence-electron chi connectivity index (χ2n) is 5.04. The minimum Gasteiger partial charge on any atom is -0.508 e. The number of amides is 1. The number of phenolic OH excluding ortho intramolecular Hbond substituents is 1. The first kappa shape index (κ1) is 12.7. The Kier molecular flexibility index (Phi) is 3.18. The van der Waals surface area contributed by atoms with E-state index in [1.165, 1.54) is 0 Å². The lowest BCUT2D eigenvalue weighted by Crippen LogP contribution is -2.48. The molecule has 1 aliphatic rings. The van der Waals surface area contributed by atoms with Gasteiger partial charge in [0.1, 0.15) is 11.6 Å². The van der Waals surface area contributed by atoms with Gasteiger partial charge in [-0.05, 0) is 30.3 Å². The molecule has 1 fully saturated rings. The van der Waals surface area contributed by atoms with Crippen LogP contribution in [0, 0.1) is 0 Å². The van der Waals surface area contributed by atoms with Crippen LogP contribution in [-0.2, 0) is 4.79 Å². The number of hydrogen-bond donors (Lipinski definition) is 1. The molecule has 1 N–H and O–H groups in total. The Morgan fingerprint density at radius 2 is 1.90 bits per heavy atom. The fourth-order valence-corrected chi connectivity index (χ4v) is 2.53. The number of aromatic nitrogens is 1. The van der Waals surface area contributed by atoms with Gasteiger partial charge in [0, 0.05) is 38.5 Å². The van der Waals surface area contributed by atoms with E-state index in [0.717, 1.165) is 42.9 Å². The van der Waals surface area contributed by atoms with E-state index >= 15 is 0 Å². The third-order valence-corrected chi connectivity index (χ3v) is 3.71. The minimum absolute atomic E-state index is 0.131. The quantitative estimate of drug-likeness (QED) is 0.856. The van der Waals surface area contributed by atoms with Crippen molar-refractivity contribution in [2.45, 2.75) is 6.92 Å². The number of aromatic hydroxyl groups is 1. The molecule has 1 amide bonds. The molecule has 5 heteroatoms. The van der Waals surface area contributed by atoms with Gasteiger partial charge in [-0.25, -0.2) is 4.98 Å². The van der Waals surface area contributed by atoms with Gasteiger partial charge in [0.05, 0.1) is 5.52 Å². The van der Waals surface area contributed by atoms with Crippen molar-refractivity contribution < 1.29 is 9.90 Å². The molecule has 1 aliphatic heterocycles. The van der Waals surface area contributed by atoms with Crippen LogP contribution in [0.4, 0.5) is 5.82 Å². The number of hydrogen-bond acceptors (Lipinski definition) is 4. The second kappa shape index (κ2) is 5.00. The summed E-state index contributed by atoms with van der Waals surface area (Å²) in [4.78, 5) is 20.0. The number of fused-ring (bicyclic) bond motifs is 1. The number of piperazine rings is 1. The van der Waals surface area contributed by atoms with Gasteiger partial charge >= 0.3 is 0 Å². The Balaban J connectivity index is 1.81. The zero-order valence-electron chi connectivity index (χ0n) is 11.4. The number of pyridine rings is 1. The number of carbonyl (C=O) groups excluding carboxylic acids is 1. The largest absolute Gasteiger partial charge is 0.508 e. The molecule has 2 heterocycles. The van der Waals surface area contributed by atoms with Gasteiger partial charge in [0.15, 0.2) is 0 Å². The van der Waals surface area contributed by atoms with Crippen molar-refractivity contribution in [2.24, 2.45) is 0 Å². The zero-order valence-corrected chi connectivity index (χ0v) is 11.4. The molecule has 0 spiro atoms. The van der Waals surface area contributed by atoms with Gasteiger partial charge in [-0.15, -0.1) is 0 Å². The normalized spacial score (nSPS) is 15.7. The average molecular weight is 271 g/mol. The van der Waals surface area contributed by atoms with E-state index in [0.29, 0.717) is 0 Å². The Morgan fingerprint density at radius 1 is 1.15 bits per heavy atom. The maximum Gasteiger partial charge on any atom is 0.219 e. The summed E-state index contributed by atoms with van der Waals surface area (Å²) in [5, 5.41) is 10.4. The highest BCUT2D eigenvalue weighted by Crippen LogP contribution is 2.22. The van der Waals surface area contributed by atoms with Crippen LogP contribution in [0.5, 0.6) is 5.75 Å². The van der Waals surface area contributed by atoms with Crippen LogP contribution in [0.3, 0.4) is 0 Å². The van der Waals surface area contributed by atoms with Crippen molar-refractivity contribution in [3.63, 3.8) is 0 Å². The van der Waals surface area contributed by atoms with Crippen molar-refractivity contribution in [1.29, 1.82) is 0 Å². The maximum atomic E-state index is 11.3. The van der Waals surface area contributed by atoms with Gasteiger partial charge in [-0.3, -0.25) is 4.79 Å². The third kappa shape index (κ3) is 2.39. The molecule has 104 valence electrons. The molecule has 1 saturated heterocycles. The number of rotatable bonds is 1. The monoisotopic (exact) mass is 271 g/mol. The van der Waals surface area contributed by atoms with E-state index in [2.05, 4.69) is 9.88 Å². The summed E-state index contributed by atoms with van der Waals surface area (Å²) >= 11 is 0. The van der Waals surface area contributed by atoms with Crippen molar-refractivity contribution in [2.75, 3.05) is 31.1 Å². The second-order valence-corrected chi connectivity index (χ2v) is 5.04. The lowest BCUT2D eigenvalue weighted by Gasteiger charge is -2.35. The van der Waals surface area contributed by atoms with Crippen LogP contribution in [0.1, 0.15) is 6.92 Å². The van der Waals surface area contributed by atoms with Gasteiger partial charge in [-0.2, -0.15) is 0 Å². The molecule has 0 atom stereocenters. The summed E-state index contributed by atoms with van der Waals surface area (Å²) in [5.74, 6) is 1.31. The fourth-order valence-electron chi connectivity index (χ4n) is 2.53. The number of benzene rings is 1. The van der Waals surface area contributed by atoms with Crippen LogP contribution < -0.4 is 4.90 Å². The highest BCUT2D eigenvalue weighted by molar-refractivity contribution is 5.81. The molecule has 0 aliphatic carbocycles. The topological polar surface area (TPSA) is 56.7 Å². The smallest absolute Gasteiger partial charge is 0.219 e. The summed E-state index contributed by atoms with van der Waals surface area (Å²) in [7, 11) is 0. The molecule has 1 aromatic heterocycles. The lowest BCUT2D eigenvalue weighted by molar-refractivity contribution is -0.129. The molecule has 0 saturated carbocycles. The minimum atomic E-state index is 0.131. The molecule has 0 bridgehead atoms. The van der Waals surface area contributed by atoms with Crippen molar-refractivity contribution in [1.82, 2.24) is 9.88 Å². The third-order valence-electron chi connectivity index (χ3n) is 3.71. The van der Waals surface area contributed by atoms with E-state index in [1.54, 1.807) is 19.1 Å². The van der Waals surface area contributed by atoms with Gasteiger partial charge in [0.25, 0.3) is 0 Å². The molecule has 20 heavy (non-hydrogen) atoms.